The molecule has 3 atom stereocenters. The van der Waals surface area contributed by atoms with Gasteiger partial charge in [0.2, 0.25) is 5.91 Å². The summed E-state index contributed by atoms with van der Waals surface area (Å²) in [4.78, 5) is 14.2. The second-order valence-electron chi connectivity index (χ2n) is 5.88. The molecule has 108 valence electrons. The molecule has 0 aliphatic carbocycles. The summed E-state index contributed by atoms with van der Waals surface area (Å²) in [5.74, 6) is 0.171. The van der Waals surface area contributed by atoms with Crippen molar-refractivity contribution in [1.29, 1.82) is 0 Å². The molecule has 0 bridgehead atoms. The summed E-state index contributed by atoms with van der Waals surface area (Å²) in [5.41, 5.74) is 0.482. The molecule has 0 spiro atoms. The first-order valence-corrected chi connectivity index (χ1v) is 7.30. The summed E-state index contributed by atoms with van der Waals surface area (Å²) < 4.78 is 19.4. The number of fused-ring (bicyclic) bond motifs is 1. The molecule has 1 aromatic carbocycles. The lowest BCUT2D eigenvalue weighted by Gasteiger charge is -2.34. The van der Waals surface area contributed by atoms with Crippen LogP contribution in [0.25, 0.3) is 0 Å². The summed E-state index contributed by atoms with van der Waals surface area (Å²) in [6, 6.07) is 6.50. The molecule has 1 aromatic rings. The average molecular weight is 277 g/mol. The number of piperidine rings is 1. The minimum atomic E-state index is -0.298. The van der Waals surface area contributed by atoms with Gasteiger partial charge >= 0.3 is 0 Å². The monoisotopic (exact) mass is 277 g/mol. The molecule has 0 saturated carbocycles. The number of hydrogen-bond donors (Lipinski definition) is 0. The molecule has 2 aliphatic rings. The van der Waals surface area contributed by atoms with Gasteiger partial charge in [0, 0.05) is 19.0 Å². The fourth-order valence-corrected chi connectivity index (χ4v) is 3.34. The molecule has 1 amide bonds. The van der Waals surface area contributed by atoms with E-state index in [4.69, 9.17) is 4.74 Å². The van der Waals surface area contributed by atoms with E-state index in [9.17, 15) is 9.18 Å². The van der Waals surface area contributed by atoms with E-state index in [0.29, 0.717) is 23.7 Å². The van der Waals surface area contributed by atoms with Crippen molar-refractivity contribution in [1.82, 2.24) is 4.90 Å². The number of hydrogen-bond acceptors (Lipinski definition) is 2. The fraction of sp³-hybridized carbons (Fsp3) is 0.562. The Hall–Kier alpha value is -1.42. The topological polar surface area (TPSA) is 29.5 Å². The van der Waals surface area contributed by atoms with Gasteiger partial charge in [-0.15, -0.1) is 0 Å². The molecule has 2 saturated heterocycles. The Balaban J connectivity index is 1.62. The maximum absolute atomic E-state index is 13.6. The Morgan fingerprint density at radius 3 is 3.05 bits per heavy atom. The van der Waals surface area contributed by atoms with Crippen LogP contribution in [0, 0.1) is 11.7 Å². The first kappa shape index (κ1) is 13.6. The van der Waals surface area contributed by atoms with Crippen LogP contribution in [0.3, 0.4) is 0 Å². The number of carbonyl (C=O) groups is 1. The van der Waals surface area contributed by atoms with Crippen molar-refractivity contribution in [2.45, 2.75) is 38.4 Å². The van der Waals surface area contributed by atoms with Gasteiger partial charge in [0.05, 0.1) is 18.6 Å². The highest BCUT2D eigenvalue weighted by atomic mass is 19.1. The van der Waals surface area contributed by atoms with Crippen LogP contribution in [0.1, 0.15) is 25.3 Å². The summed E-state index contributed by atoms with van der Waals surface area (Å²) >= 11 is 0. The Kier molecular flexibility index (Phi) is 3.74. The number of rotatable bonds is 2. The van der Waals surface area contributed by atoms with Crippen molar-refractivity contribution in [3.63, 3.8) is 0 Å². The van der Waals surface area contributed by atoms with Crippen LogP contribution in [0.5, 0.6) is 0 Å². The maximum atomic E-state index is 13.6. The van der Waals surface area contributed by atoms with E-state index in [1.165, 1.54) is 6.07 Å². The van der Waals surface area contributed by atoms with E-state index in [2.05, 4.69) is 6.92 Å². The predicted octanol–water partition coefficient (Wildman–Crippen LogP) is 2.39. The maximum Gasteiger partial charge on any atom is 0.227 e. The molecule has 2 aliphatic heterocycles. The van der Waals surface area contributed by atoms with Crippen molar-refractivity contribution >= 4 is 5.91 Å². The molecule has 20 heavy (non-hydrogen) atoms. The highest BCUT2D eigenvalue weighted by molar-refractivity contribution is 5.79. The third-order valence-corrected chi connectivity index (χ3v) is 4.36. The Labute approximate surface area is 118 Å². The number of carbonyl (C=O) groups excluding carboxylic acids is 1. The van der Waals surface area contributed by atoms with Crippen LogP contribution < -0.4 is 0 Å². The molecule has 2 fully saturated rings. The van der Waals surface area contributed by atoms with Crippen molar-refractivity contribution in [3.8, 4) is 0 Å². The van der Waals surface area contributed by atoms with E-state index in [1.54, 1.807) is 18.2 Å². The van der Waals surface area contributed by atoms with E-state index in [0.717, 1.165) is 25.9 Å². The number of ether oxygens (including phenoxy) is 1. The zero-order valence-electron chi connectivity index (χ0n) is 11.7. The van der Waals surface area contributed by atoms with Crippen molar-refractivity contribution in [3.05, 3.63) is 35.6 Å². The second kappa shape index (κ2) is 5.52. The Morgan fingerprint density at radius 2 is 2.25 bits per heavy atom. The highest BCUT2D eigenvalue weighted by Crippen LogP contribution is 2.32. The number of nitrogens with zero attached hydrogens (tertiary/aromatic N) is 1. The smallest absolute Gasteiger partial charge is 0.227 e. The number of amides is 1. The standard InChI is InChI=1S/C16H20FNO2/c1-11-8-13-10-18(7-6-15(13)20-11)16(19)9-12-4-2-3-5-14(12)17/h2-5,11,13,15H,6-10H2,1H3/t11-,13-,15-/m1/s1. The minimum Gasteiger partial charge on any atom is -0.375 e. The van der Waals surface area contributed by atoms with Gasteiger partial charge < -0.3 is 9.64 Å². The molecule has 2 heterocycles. The van der Waals surface area contributed by atoms with E-state index < -0.39 is 0 Å². The summed E-state index contributed by atoms with van der Waals surface area (Å²) in [6.45, 7) is 3.56. The van der Waals surface area contributed by atoms with Gasteiger partial charge in [0.15, 0.2) is 0 Å². The van der Waals surface area contributed by atoms with Gasteiger partial charge in [-0.2, -0.15) is 0 Å². The minimum absolute atomic E-state index is 0.0214. The van der Waals surface area contributed by atoms with Crippen LogP contribution in [0.15, 0.2) is 24.3 Å². The summed E-state index contributed by atoms with van der Waals surface area (Å²) in [7, 11) is 0. The zero-order valence-corrected chi connectivity index (χ0v) is 11.7. The molecule has 0 N–H and O–H groups in total. The molecular weight excluding hydrogens is 257 g/mol. The zero-order chi connectivity index (χ0) is 14.1. The van der Waals surface area contributed by atoms with Crippen molar-refractivity contribution < 1.29 is 13.9 Å². The molecule has 0 unspecified atom stereocenters. The van der Waals surface area contributed by atoms with Gasteiger partial charge in [-0.3, -0.25) is 4.79 Å². The summed E-state index contributed by atoms with van der Waals surface area (Å²) in [5, 5.41) is 0. The van der Waals surface area contributed by atoms with Crippen LogP contribution in [-0.4, -0.2) is 36.1 Å². The van der Waals surface area contributed by atoms with Gasteiger partial charge in [-0.25, -0.2) is 4.39 Å². The van der Waals surface area contributed by atoms with Crippen LogP contribution in [0.2, 0.25) is 0 Å². The molecule has 0 aromatic heterocycles. The number of benzene rings is 1. The highest BCUT2D eigenvalue weighted by Gasteiger charge is 2.38. The van der Waals surface area contributed by atoms with E-state index in [1.807, 2.05) is 4.90 Å². The Morgan fingerprint density at radius 1 is 1.45 bits per heavy atom. The van der Waals surface area contributed by atoms with Crippen LogP contribution >= 0.6 is 0 Å². The average Bonchev–Trinajstić information content (AvgIpc) is 2.80. The molecular formula is C16H20FNO2. The van der Waals surface area contributed by atoms with Gasteiger partial charge in [0.1, 0.15) is 5.82 Å². The van der Waals surface area contributed by atoms with Crippen LogP contribution in [0.4, 0.5) is 4.39 Å². The lowest BCUT2D eigenvalue weighted by molar-refractivity contribution is -0.133. The number of halogens is 1. The first-order valence-electron chi connectivity index (χ1n) is 7.30. The normalized spacial score (nSPS) is 29.3. The number of likely N-dealkylation sites (tertiary alicyclic amines) is 1. The SMILES string of the molecule is C[C@@H]1C[C@@H]2CN(C(=O)Cc3ccccc3F)CC[C@H]2O1. The van der Waals surface area contributed by atoms with Crippen molar-refractivity contribution in [2.75, 3.05) is 13.1 Å². The van der Waals surface area contributed by atoms with Gasteiger partial charge in [0.25, 0.3) is 0 Å². The fourth-order valence-electron chi connectivity index (χ4n) is 3.34. The lowest BCUT2D eigenvalue weighted by atomic mass is 9.92. The van der Waals surface area contributed by atoms with Crippen molar-refractivity contribution in [2.24, 2.45) is 5.92 Å². The first-order chi connectivity index (χ1) is 9.63. The molecule has 0 radical (unpaired) electrons. The third kappa shape index (κ3) is 2.70. The quantitative estimate of drug-likeness (QED) is 0.830. The third-order valence-electron chi connectivity index (χ3n) is 4.36. The van der Waals surface area contributed by atoms with E-state index in [-0.39, 0.29) is 18.1 Å². The van der Waals surface area contributed by atoms with Crippen LogP contribution in [-0.2, 0) is 16.0 Å². The molecule has 3 rings (SSSR count). The predicted molar refractivity (Wildman–Crippen MR) is 73.7 cm³/mol. The van der Waals surface area contributed by atoms with E-state index >= 15 is 0 Å². The lowest BCUT2D eigenvalue weighted by Crippen LogP contribution is -2.45. The largest absolute Gasteiger partial charge is 0.375 e. The van der Waals surface area contributed by atoms with Gasteiger partial charge in [-0.05, 0) is 31.4 Å². The van der Waals surface area contributed by atoms with Gasteiger partial charge in [-0.1, -0.05) is 18.2 Å². The second-order valence-corrected chi connectivity index (χ2v) is 5.88. The summed E-state index contributed by atoms with van der Waals surface area (Å²) in [6.07, 6.45) is 2.68. The molecule has 4 heteroatoms. The molecule has 3 nitrogen and oxygen atoms in total. The Bertz CT molecular complexity index is 505.